The highest BCUT2D eigenvalue weighted by Crippen LogP contribution is 2.13. The minimum Gasteiger partial charge on any atom is -0.476 e. The lowest BCUT2D eigenvalue weighted by Gasteiger charge is -1.98. The largest absolute Gasteiger partial charge is 0.476 e. The maximum atomic E-state index is 10.8. The lowest BCUT2D eigenvalue weighted by Crippen LogP contribution is -1.99. The van der Waals surface area contributed by atoms with Gasteiger partial charge in [0.25, 0.3) is 0 Å². The molecule has 0 unspecified atom stereocenters. The van der Waals surface area contributed by atoms with Gasteiger partial charge in [0.15, 0.2) is 11.6 Å². The zero-order chi connectivity index (χ0) is 13.0. The Balaban J connectivity index is 1.91. The third-order valence-corrected chi connectivity index (χ3v) is 2.74. The molecular formula is C14H15NO3. The van der Waals surface area contributed by atoms with Crippen molar-refractivity contribution in [2.75, 3.05) is 0 Å². The molecule has 0 spiro atoms. The van der Waals surface area contributed by atoms with Gasteiger partial charge in [0.1, 0.15) is 5.76 Å². The maximum absolute atomic E-state index is 10.8. The van der Waals surface area contributed by atoms with Gasteiger partial charge in [-0.15, -0.1) is 0 Å². The molecule has 94 valence electrons. The van der Waals surface area contributed by atoms with E-state index in [4.69, 9.17) is 9.52 Å². The second-order valence-electron chi connectivity index (χ2n) is 4.16. The van der Waals surface area contributed by atoms with Crippen molar-refractivity contribution >= 4 is 5.97 Å². The van der Waals surface area contributed by atoms with Crippen molar-refractivity contribution in [1.29, 1.82) is 0 Å². The number of hydrogen-bond acceptors (Lipinski definition) is 3. The Bertz CT molecular complexity index is 531. The second-order valence-corrected chi connectivity index (χ2v) is 4.16. The molecule has 0 atom stereocenters. The molecule has 1 heterocycles. The monoisotopic (exact) mass is 245 g/mol. The fourth-order valence-corrected chi connectivity index (χ4v) is 1.85. The van der Waals surface area contributed by atoms with E-state index < -0.39 is 5.97 Å². The summed E-state index contributed by atoms with van der Waals surface area (Å²) in [6, 6.07) is 10.1. The Morgan fingerprint density at radius 3 is 2.61 bits per heavy atom. The number of nitrogens with zero attached hydrogens (tertiary/aromatic N) is 1. The molecule has 1 N–H and O–H groups in total. The van der Waals surface area contributed by atoms with Crippen molar-refractivity contribution in [2.24, 2.45) is 0 Å². The molecule has 0 bridgehead atoms. The Morgan fingerprint density at radius 1 is 1.28 bits per heavy atom. The van der Waals surface area contributed by atoms with Crippen molar-refractivity contribution in [3.8, 4) is 0 Å². The number of hydrogen-bond donors (Lipinski definition) is 1. The average molecular weight is 245 g/mol. The number of carboxylic acids is 1. The number of aromatic nitrogens is 1. The molecule has 2 aromatic rings. The molecule has 18 heavy (non-hydrogen) atoms. The van der Waals surface area contributed by atoms with Crippen LogP contribution in [0.25, 0.3) is 0 Å². The summed E-state index contributed by atoms with van der Waals surface area (Å²) in [5.41, 5.74) is 1.28. The number of rotatable bonds is 5. The highest BCUT2D eigenvalue weighted by molar-refractivity contribution is 5.86. The van der Waals surface area contributed by atoms with Crippen LogP contribution < -0.4 is 0 Å². The van der Waals surface area contributed by atoms with Gasteiger partial charge in [-0.3, -0.25) is 0 Å². The van der Waals surface area contributed by atoms with Crippen LogP contribution in [0.3, 0.4) is 0 Å². The smallest absolute Gasteiger partial charge is 0.358 e. The van der Waals surface area contributed by atoms with Crippen LogP contribution in [0.2, 0.25) is 0 Å². The van der Waals surface area contributed by atoms with Crippen LogP contribution in [0.15, 0.2) is 34.7 Å². The number of aryl methyl sites for hydroxylation is 3. The van der Waals surface area contributed by atoms with E-state index in [0.717, 1.165) is 12.8 Å². The third-order valence-electron chi connectivity index (χ3n) is 2.74. The van der Waals surface area contributed by atoms with Gasteiger partial charge >= 0.3 is 5.97 Å². The first-order chi connectivity index (χ1) is 8.66. The second kappa shape index (κ2) is 5.49. The van der Waals surface area contributed by atoms with E-state index in [1.807, 2.05) is 18.2 Å². The zero-order valence-corrected chi connectivity index (χ0v) is 10.2. The highest BCUT2D eigenvalue weighted by atomic mass is 16.4. The van der Waals surface area contributed by atoms with Crippen LogP contribution in [0.4, 0.5) is 0 Å². The van der Waals surface area contributed by atoms with Crippen molar-refractivity contribution in [3.05, 3.63) is 53.2 Å². The van der Waals surface area contributed by atoms with Crippen LogP contribution >= 0.6 is 0 Å². The molecule has 0 aliphatic carbocycles. The number of carbonyl (C=O) groups is 1. The van der Waals surface area contributed by atoms with Gasteiger partial charge in [0.2, 0.25) is 0 Å². The number of benzene rings is 1. The molecule has 4 heteroatoms. The van der Waals surface area contributed by atoms with Crippen LogP contribution in [-0.2, 0) is 12.8 Å². The van der Waals surface area contributed by atoms with E-state index in [-0.39, 0.29) is 5.69 Å². The molecule has 0 saturated carbocycles. The lowest BCUT2D eigenvalue weighted by atomic mass is 10.1. The van der Waals surface area contributed by atoms with Gasteiger partial charge in [-0.1, -0.05) is 30.3 Å². The molecule has 0 fully saturated rings. The Labute approximate surface area is 105 Å². The van der Waals surface area contributed by atoms with Crippen molar-refractivity contribution in [1.82, 2.24) is 4.98 Å². The summed E-state index contributed by atoms with van der Waals surface area (Å²) in [5, 5.41) is 8.86. The topological polar surface area (TPSA) is 63.3 Å². The summed E-state index contributed by atoms with van der Waals surface area (Å²) in [6.07, 6.45) is 2.48. The van der Waals surface area contributed by atoms with Gasteiger partial charge < -0.3 is 9.52 Å². The molecule has 4 nitrogen and oxygen atoms in total. The third kappa shape index (κ3) is 2.97. The average Bonchev–Trinajstić information content (AvgIpc) is 2.72. The summed E-state index contributed by atoms with van der Waals surface area (Å²) >= 11 is 0. The molecule has 0 amide bonds. The first kappa shape index (κ1) is 12.4. The Kier molecular flexibility index (Phi) is 3.77. The molecule has 0 aliphatic heterocycles. The van der Waals surface area contributed by atoms with Crippen LogP contribution in [-0.4, -0.2) is 16.1 Å². The first-order valence-corrected chi connectivity index (χ1v) is 5.90. The Morgan fingerprint density at radius 2 is 2.00 bits per heavy atom. The summed E-state index contributed by atoms with van der Waals surface area (Å²) in [4.78, 5) is 14.8. The van der Waals surface area contributed by atoms with Crippen LogP contribution in [0.1, 0.15) is 34.1 Å². The van der Waals surface area contributed by atoms with Gasteiger partial charge in [0, 0.05) is 6.42 Å². The predicted molar refractivity (Wildman–Crippen MR) is 66.7 cm³/mol. The van der Waals surface area contributed by atoms with E-state index in [9.17, 15) is 4.79 Å². The van der Waals surface area contributed by atoms with Gasteiger partial charge in [-0.05, 0) is 25.3 Å². The summed E-state index contributed by atoms with van der Waals surface area (Å²) in [7, 11) is 0. The number of carboxylic acid groups (broad SMARTS) is 1. The van der Waals surface area contributed by atoms with Gasteiger partial charge in [-0.25, -0.2) is 9.78 Å². The molecule has 0 aliphatic rings. The lowest BCUT2D eigenvalue weighted by molar-refractivity contribution is 0.0689. The normalized spacial score (nSPS) is 10.5. The minimum atomic E-state index is -1.04. The summed E-state index contributed by atoms with van der Waals surface area (Å²) in [5.74, 6) is -0.163. The standard InChI is InChI=1S/C14H15NO3/c1-10-13(14(16)17)15-12(18-10)9-5-8-11-6-3-2-4-7-11/h2-4,6-7H,5,8-9H2,1H3,(H,16,17). The molecule has 1 aromatic heterocycles. The molecule has 1 aromatic carbocycles. The highest BCUT2D eigenvalue weighted by Gasteiger charge is 2.15. The van der Waals surface area contributed by atoms with Gasteiger partial charge in [0.05, 0.1) is 0 Å². The fourth-order valence-electron chi connectivity index (χ4n) is 1.85. The van der Waals surface area contributed by atoms with Crippen LogP contribution in [0.5, 0.6) is 0 Å². The minimum absolute atomic E-state index is 0.0183. The summed E-state index contributed by atoms with van der Waals surface area (Å²) in [6.45, 7) is 1.62. The molecule has 2 rings (SSSR count). The van der Waals surface area contributed by atoms with Crippen molar-refractivity contribution in [2.45, 2.75) is 26.2 Å². The SMILES string of the molecule is Cc1oc(CCCc2ccccc2)nc1C(=O)O. The number of aromatic carboxylic acids is 1. The van der Waals surface area contributed by atoms with E-state index in [2.05, 4.69) is 17.1 Å². The maximum Gasteiger partial charge on any atom is 0.358 e. The molecule has 0 saturated heterocycles. The predicted octanol–water partition coefficient (Wildman–Crippen LogP) is 2.86. The number of oxazole rings is 1. The molecule has 0 radical (unpaired) electrons. The van der Waals surface area contributed by atoms with Crippen molar-refractivity contribution in [3.63, 3.8) is 0 Å². The van der Waals surface area contributed by atoms with E-state index in [1.165, 1.54) is 5.56 Å². The zero-order valence-electron chi connectivity index (χ0n) is 10.2. The van der Waals surface area contributed by atoms with Crippen LogP contribution in [0, 0.1) is 6.92 Å². The first-order valence-electron chi connectivity index (χ1n) is 5.90. The fraction of sp³-hybridized carbons (Fsp3) is 0.286. The quantitative estimate of drug-likeness (QED) is 0.879. The molecular weight excluding hydrogens is 230 g/mol. The van der Waals surface area contributed by atoms with Crippen molar-refractivity contribution < 1.29 is 14.3 Å². The van der Waals surface area contributed by atoms with E-state index >= 15 is 0 Å². The van der Waals surface area contributed by atoms with Gasteiger partial charge in [-0.2, -0.15) is 0 Å². The van der Waals surface area contributed by atoms with E-state index in [0.29, 0.717) is 18.1 Å². The Hall–Kier alpha value is -2.10. The van der Waals surface area contributed by atoms with E-state index in [1.54, 1.807) is 6.92 Å². The summed E-state index contributed by atoms with van der Waals surface area (Å²) < 4.78 is 5.32.